The maximum absolute atomic E-state index is 9.02. The van der Waals surface area contributed by atoms with Crippen molar-refractivity contribution in [3.63, 3.8) is 0 Å². The number of hydrogen-bond donors (Lipinski definition) is 2. The lowest BCUT2D eigenvalue weighted by atomic mass is 9.94. The van der Waals surface area contributed by atoms with E-state index in [1.54, 1.807) is 0 Å². The van der Waals surface area contributed by atoms with Crippen molar-refractivity contribution in [2.24, 2.45) is 5.92 Å². The second-order valence-electron chi connectivity index (χ2n) is 4.57. The Labute approximate surface area is 109 Å². The van der Waals surface area contributed by atoms with Gasteiger partial charge < -0.3 is 10.4 Å². The monoisotopic (exact) mass is 303 g/mol. The first-order chi connectivity index (χ1) is 7.70. The van der Waals surface area contributed by atoms with Gasteiger partial charge in [-0.1, -0.05) is 6.92 Å². The number of aliphatic hydroxyl groups is 1. The van der Waals surface area contributed by atoms with Crippen LogP contribution in [0.2, 0.25) is 0 Å². The number of hydrogen-bond acceptors (Lipinski definition) is 3. The van der Waals surface area contributed by atoms with E-state index in [0.29, 0.717) is 12.0 Å². The summed E-state index contributed by atoms with van der Waals surface area (Å²) in [5.41, 5.74) is 1.47. The molecule has 0 radical (unpaired) electrons. The Morgan fingerprint density at radius 3 is 3.25 bits per heavy atom. The molecule has 1 aliphatic rings. The minimum atomic E-state index is 0.264. The van der Waals surface area contributed by atoms with Crippen molar-refractivity contribution < 1.29 is 5.11 Å². The van der Waals surface area contributed by atoms with Crippen LogP contribution in [-0.2, 0) is 6.42 Å². The average Bonchev–Trinajstić information content (AvgIpc) is 2.66. The Kier molecular flexibility index (Phi) is 4.41. The van der Waals surface area contributed by atoms with Gasteiger partial charge in [-0.3, -0.25) is 0 Å². The fourth-order valence-corrected chi connectivity index (χ4v) is 3.96. The molecule has 2 nitrogen and oxygen atoms in total. The zero-order valence-corrected chi connectivity index (χ0v) is 11.9. The number of fused-ring (bicyclic) bond motifs is 1. The Hall–Kier alpha value is 0.100. The van der Waals surface area contributed by atoms with E-state index >= 15 is 0 Å². The molecule has 1 heterocycles. The van der Waals surface area contributed by atoms with Crippen LogP contribution in [0.5, 0.6) is 0 Å². The van der Waals surface area contributed by atoms with Crippen molar-refractivity contribution in [3.05, 3.63) is 20.3 Å². The first-order valence-corrected chi connectivity index (χ1v) is 7.44. The summed E-state index contributed by atoms with van der Waals surface area (Å²) in [7, 11) is 0. The molecule has 4 heteroatoms. The molecule has 2 N–H and O–H groups in total. The van der Waals surface area contributed by atoms with Crippen LogP contribution < -0.4 is 5.32 Å². The van der Waals surface area contributed by atoms with Gasteiger partial charge in [0.1, 0.15) is 0 Å². The fourth-order valence-electron chi connectivity index (χ4n) is 2.14. The molecule has 16 heavy (non-hydrogen) atoms. The third-order valence-corrected chi connectivity index (χ3v) is 4.82. The molecule has 0 amide bonds. The third kappa shape index (κ3) is 2.86. The molecule has 0 saturated carbocycles. The van der Waals surface area contributed by atoms with Crippen LogP contribution in [0.4, 0.5) is 0 Å². The van der Waals surface area contributed by atoms with E-state index in [1.165, 1.54) is 33.5 Å². The van der Waals surface area contributed by atoms with Crippen LogP contribution >= 0.6 is 27.3 Å². The van der Waals surface area contributed by atoms with E-state index in [0.717, 1.165) is 6.54 Å². The van der Waals surface area contributed by atoms with Gasteiger partial charge in [-0.05, 0) is 52.7 Å². The molecule has 0 spiro atoms. The molecule has 1 aromatic rings. The van der Waals surface area contributed by atoms with Crippen LogP contribution in [-0.4, -0.2) is 18.3 Å². The van der Waals surface area contributed by atoms with E-state index < -0.39 is 0 Å². The van der Waals surface area contributed by atoms with Gasteiger partial charge in [0.25, 0.3) is 0 Å². The third-order valence-electron chi connectivity index (χ3n) is 3.11. The van der Waals surface area contributed by atoms with Crippen LogP contribution in [0, 0.1) is 5.92 Å². The van der Waals surface area contributed by atoms with Crippen molar-refractivity contribution in [2.75, 3.05) is 13.2 Å². The van der Waals surface area contributed by atoms with Gasteiger partial charge in [0.2, 0.25) is 0 Å². The van der Waals surface area contributed by atoms with Crippen molar-refractivity contribution in [1.82, 2.24) is 5.32 Å². The zero-order chi connectivity index (χ0) is 11.5. The highest BCUT2D eigenvalue weighted by Crippen LogP contribution is 2.37. The molecule has 1 aromatic heterocycles. The quantitative estimate of drug-likeness (QED) is 0.896. The van der Waals surface area contributed by atoms with Crippen molar-refractivity contribution in [3.8, 4) is 0 Å². The summed E-state index contributed by atoms with van der Waals surface area (Å²) in [6.45, 7) is 3.23. The number of rotatable bonds is 4. The molecule has 1 aliphatic carbocycles. The maximum Gasteiger partial charge on any atom is 0.0704 e. The standard InChI is InChI=1S/C12H18BrNOS/c1-8(7-15)6-14-10-3-2-4-11-9(10)5-12(13)16-11/h5,8,10,14-15H,2-4,6-7H2,1H3. The van der Waals surface area contributed by atoms with Crippen LogP contribution in [0.1, 0.15) is 36.2 Å². The summed E-state index contributed by atoms with van der Waals surface area (Å²) < 4.78 is 1.24. The minimum absolute atomic E-state index is 0.264. The largest absolute Gasteiger partial charge is 0.396 e. The fraction of sp³-hybridized carbons (Fsp3) is 0.667. The first kappa shape index (κ1) is 12.6. The van der Waals surface area contributed by atoms with E-state index in [-0.39, 0.29) is 6.61 Å². The number of nitrogens with one attached hydrogen (secondary N) is 1. The first-order valence-electron chi connectivity index (χ1n) is 5.83. The lowest BCUT2D eigenvalue weighted by molar-refractivity contribution is 0.228. The molecule has 0 aliphatic heterocycles. The minimum Gasteiger partial charge on any atom is -0.396 e. The Balaban J connectivity index is 2.01. The summed E-state index contributed by atoms with van der Waals surface area (Å²) in [5, 5.41) is 12.6. The number of thiophene rings is 1. The molecular formula is C12H18BrNOS. The molecule has 0 bridgehead atoms. The predicted molar refractivity (Wildman–Crippen MR) is 72.0 cm³/mol. The highest BCUT2D eigenvalue weighted by molar-refractivity contribution is 9.11. The second-order valence-corrected chi connectivity index (χ2v) is 7.09. The van der Waals surface area contributed by atoms with Crippen molar-refractivity contribution in [1.29, 1.82) is 0 Å². The van der Waals surface area contributed by atoms with E-state index in [1.807, 2.05) is 11.3 Å². The lowest BCUT2D eigenvalue weighted by Gasteiger charge is -2.24. The molecule has 2 atom stereocenters. The molecule has 0 saturated heterocycles. The molecule has 0 aromatic carbocycles. The van der Waals surface area contributed by atoms with Crippen LogP contribution in [0.15, 0.2) is 9.85 Å². The SMILES string of the molecule is CC(CO)CNC1CCCc2sc(Br)cc21. The summed E-state index contributed by atoms with van der Waals surface area (Å²) in [6.07, 6.45) is 3.71. The Morgan fingerprint density at radius 1 is 1.69 bits per heavy atom. The van der Waals surface area contributed by atoms with E-state index in [2.05, 4.69) is 34.2 Å². The number of aryl methyl sites for hydroxylation is 1. The highest BCUT2D eigenvalue weighted by Gasteiger charge is 2.22. The maximum atomic E-state index is 9.02. The molecule has 0 fully saturated rings. The van der Waals surface area contributed by atoms with Crippen molar-refractivity contribution >= 4 is 27.3 Å². The topological polar surface area (TPSA) is 32.3 Å². The number of halogens is 1. The highest BCUT2D eigenvalue weighted by atomic mass is 79.9. The normalized spacial score (nSPS) is 21.8. The van der Waals surface area contributed by atoms with Gasteiger partial charge in [0.15, 0.2) is 0 Å². The van der Waals surface area contributed by atoms with Crippen LogP contribution in [0.3, 0.4) is 0 Å². The van der Waals surface area contributed by atoms with Gasteiger partial charge in [-0.25, -0.2) is 0 Å². The number of aliphatic hydroxyl groups excluding tert-OH is 1. The van der Waals surface area contributed by atoms with Gasteiger partial charge in [0, 0.05) is 24.1 Å². The van der Waals surface area contributed by atoms with Gasteiger partial charge in [-0.15, -0.1) is 11.3 Å². The summed E-state index contributed by atoms with van der Waals surface area (Å²) in [6, 6.07) is 2.74. The smallest absolute Gasteiger partial charge is 0.0704 e. The summed E-state index contributed by atoms with van der Waals surface area (Å²) in [5.74, 6) is 0.340. The lowest BCUT2D eigenvalue weighted by Crippen LogP contribution is -2.29. The van der Waals surface area contributed by atoms with Crippen LogP contribution in [0.25, 0.3) is 0 Å². The Morgan fingerprint density at radius 2 is 2.50 bits per heavy atom. The van der Waals surface area contributed by atoms with Gasteiger partial charge >= 0.3 is 0 Å². The molecule has 2 rings (SSSR count). The zero-order valence-electron chi connectivity index (χ0n) is 9.50. The molecular weight excluding hydrogens is 286 g/mol. The predicted octanol–water partition coefficient (Wildman–Crippen LogP) is 3.11. The average molecular weight is 304 g/mol. The molecule has 90 valence electrons. The van der Waals surface area contributed by atoms with Gasteiger partial charge in [0.05, 0.1) is 3.79 Å². The summed E-state index contributed by atoms with van der Waals surface area (Å²) >= 11 is 5.43. The second kappa shape index (κ2) is 5.63. The van der Waals surface area contributed by atoms with E-state index in [9.17, 15) is 0 Å². The van der Waals surface area contributed by atoms with E-state index in [4.69, 9.17) is 5.11 Å². The molecule has 2 unspecified atom stereocenters. The Bertz CT molecular complexity index is 353. The van der Waals surface area contributed by atoms with Gasteiger partial charge in [-0.2, -0.15) is 0 Å². The van der Waals surface area contributed by atoms with Crippen molar-refractivity contribution in [2.45, 2.75) is 32.2 Å². The summed E-state index contributed by atoms with van der Waals surface area (Å²) in [4.78, 5) is 1.52.